The molecule has 65 valence electrons. The van der Waals surface area contributed by atoms with Crippen LogP contribution in [0.2, 0.25) is 0 Å². The average Bonchev–Trinajstić information content (AvgIpc) is 2.19. The zero-order valence-corrected chi connectivity index (χ0v) is 7.05. The van der Waals surface area contributed by atoms with Gasteiger partial charge >= 0.3 is 0 Å². The molecule has 2 aromatic rings. The highest BCUT2D eigenvalue weighted by atomic mass is 19.1. The van der Waals surface area contributed by atoms with Gasteiger partial charge in [-0.1, -0.05) is 30.3 Å². The van der Waals surface area contributed by atoms with Crippen molar-refractivity contribution in [1.82, 2.24) is 5.73 Å². The molecular formula is C11H9FN. The maximum absolute atomic E-state index is 13.2. The van der Waals surface area contributed by atoms with Gasteiger partial charge in [0, 0.05) is 11.9 Å². The molecule has 2 aromatic carbocycles. The van der Waals surface area contributed by atoms with Crippen LogP contribution in [0.4, 0.5) is 4.39 Å². The Labute approximate surface area is 76.0 Å². The van der Waals surface area contributed by atoms with Crippen molar-refractivity contribution in [1.29, 1.82) is 0 Å². The predicted octanol–water partition coefficient (Wildman–Crippen LogP) is 2.76. The van der Waals surface area contributed by atoms with Crippen molar-refractivity contribution in [2.75, 3.05) is 0 Å². The van der Waals surface area contributed by atoms with E-state index in [0.717, 1.165) is 10.9 Å². The number of benzene rings is 2. The third-order valence-corrected chi connectivity index (χ3v) is 2.15. The molecule has 0 aliphatic heterocycles. The fourth-order valence-electron chi connectivity index (χ4n) is 1.48. The molecule has 0 saturated carbocycles. The summed E-state index contributed by atoms with van der Waals surface area (Å²) in [6, 6.07) is 10.4. The molecule has 0 aliphatic rings. The molecule has 1 nitrogen and oxygen atoms in total. The summed E-state index contributed by atoms with van der Waals surface area (Å²) in [5.41, 5.74) is 8.15. The van der Waals surface area contributed by atoms with E-state index in [2.05, 4.69) is 0 Å². The summed E-state index contributed by atoms with van der Waals surface area (Å²) >= 11 is 0. The highest BCUT2D eigenvalue weighted by molar-refractivity contribution is 5.86. The molecule has 2 heteroatoms. The Bertz CT molecular complexity index is 437. The monoisotopic (exact) mass is 174 g/mol. The molecule has 0 bridgehead atoms. The molecular weight excluding hydrogens is 165 g/mol. The molecule has 2 rings (SSSR count). The van der Waals surface area contributed by atoms with Gasteiger partial charge < -0.3 is 0 Å². The van der Waals surface area contributed by atoms with Gasteiger partial charge in [0.2, 0.25) is 0 Å². The second-order valence-corrected chi connectivity index (χ2v) is 2.93. The predicted molar refractivity (Wildman–Crippen MR) is 50.7 cm³/mol. The van der Waals surface area contributed by atoms with Crippen molar-refractivity contribution in [2.24, 2.45) is 0 Å². The van der Waals surface area contributed by atoms with Crippen molar-refractivity contribution < 1.29 is 4.39 Å². The largest absolute Gasteiger partial charge is 0.253 e. The van der Waals surface area contributed by atoms with Crippen molar-refractivity contribution in [3.05, 3.63) is 47.8 Å². The van der Waals surface area contributed by atoms with Crippen LogP contribution < -0.4 is 5.73 Å². The third kappa shape index (κ3) is 1.29. The van der Waals surface area contributed by atoms with E-state index < -0.39 is 0 Å². The molecule has 1 N–H and O–H groups in total. The molecule has 0 heterocycles. The van der Waals surface area contributed by atoms with E-state index in [1.54, 1.807) is 18.2 Å². The van der Waals surface area contributed by atoms with Crippen LogP contribution >= 0.6 is 0 Å². The molecule has 0 fully saturated rings. The summed E-state index contributed by atoms with van der Waals surface area (Å²) in [6.45, 7) is 0.195. The Morgan fingerprint density at radius 1 is 1.00 bits per heavy atom. The molecule has 0 amide bonds. The fourth-order valence-corrected chi connectivity index (χ4v) is 1.48. The van der Waals surface area contributed by atoms with Gasteiger partial charge in [0.15, 0.2) is 0 Å². The van der Waals surface area contributed by atoms with Gasteiger partial charge in [-0.15, -0.1) is 0 Å². The lowest BCUT2D eigenvalue weighted by molar-refractivity contribution is 0.639. The molecule has 0 atom stereocenters. The first kappa shape index (κ1) is 8.20. The zero-order chi connectivity index (χ0) is 9.26. The Balaban J connectivity index is 2.84. The van der Waals surface area contributed by atoms with Gasteiger partial charge in [0.25, 0.3) is 0 Å². The highest BCUT2D eigenvalue weighted by Gasteiger charge is 2.02. The van der Waals surface area contributed by atoms with Gasteiger partial charge in [0.1, 0.15) is 5.82 Å². The van der Waals surface area contributed by atoms with E-state index in [9.17, 15) is 4.39 Å². The standard InChI is InChI=1S/C11H9FN/c12-11-6-5-8(7-13)9-3-1-2-4-10(9)11/h1-6,13H,7H2. The van der Waals surface area contributed by atoms with Crippen LogP contribution in [-0.4, -0.2) is 0 Å². The number of hydrogen-bond donors (Lipinski definition) is 0. The maximum Gasteiger partial charge on any atom is 0.131 e. The minimum atomic E-state index is -0.215. The van der Waals surface area contributed by atoms with Gasteiger partial charge in [-0.2, -0.15) is 0 Å². The summed E-state index contributed by atoms with van der Waals surface area (Å²) in [4.78, 5) is 0. The SMILES string of the molecule is [NH]Cc1ccc(F)c2ccccc12. The van der Waals surface area contributed by atoms with Crippen molar-refractivity contribution in [3.8, 4) is 0 Å². The third-order valence-electron chi connectivity index (χ3n) is 2.15. The first-order valence-electron chi connectivity index (χ1n) is 4.13. The zero-order valence-electron chi connectivity index (χ0n) is 7.05. The van der Waals surface area contributed by atoms with Crippen molar-refractivity contribution in [3.63, 3.8) is 0 Å². The Morgan fingerprint density at radius 2 is 1.69 bits per heavy atom. The molecule has 0 unspecified atom stereocenters. The lowest BCUT2D eigenvalue weighted by Crippen LogP contribution is -1.89. The molecule has 0 saturated heterocycles. The van der Waals surface area contributed by atoms with Crippen LogP contribution in [0.3, 0.4) is 0 Å². The summed E-state index contributed by atoms with van der Waals surface area (Å²) in [6.07, 6.45) is 0. The smallest absolute Gasteiger partial charge is 0.131 e. The quantitative estimate of drug-likeness (QED) is 0.634. The summed E-state index contributed by atoms with van der Waals surface area (Å²) in [7, 11) is 0. The van der Waals surface area contributed by atoms with Crippen molar-refractivity contribution >= 4 is 10.8 Å². The van der Waals surface area contributed by atoms with Crippen LogP contribution in [0.15, 0.2) is 36.4 Å². The number of fused-ring (bicyclic) bond motifs is 1. The van der Waals surface area contributed by atoms with E-state index in [-0.39, 0.29) is 12.4 Å². The van der Waals surface area contributed by atoms with Gasteiger partial charge in [-0.05, 0) is 17.0 Å². The van der Waals surface area contributed by atoms with E-state index in [1.165, 1.54) is 6.07 Å². The molecule has 0 aliphatic carbocycles. The van der Waals surface area contributed by atoms with Crippen molar-refractivity contribution in [2.45, 2.75) is 6.54 Å². The van der Waals surface area contributed by atoms with E-state index in [0.29, 0.717) is 5.39 Å². The van der Waals surface area contributed by atoms with Crippen LogP contribution in [0.1, 0.15) is 5.56 Å². The molecule has 0 aromatic heterocycles. The van der Waals surface area contributed by atoms with Gasteiger partial charge in [-0.25, -0.2) is 4.39 Å². The minimum absolute atomic E-state index is 0.195. The Kier molecular flexibility index (Phi) is 1.99. The summed E-state index contributed by atoms with van der Waals surface area (Å²) in [5.74, 6) is -0.215. The van der Waals surface area contributed by atoms with E-state index in [1.807, 2.05) is 12.1 Å². The fraction of sp³-hybridized carbons (Fsp3) is 0.0909. The Morgan fingerprint density at radius 3 is 2.38 bits per heavy atom. The normalized spacial score (nSPS) is 10.6. The Hall–Kier alpha value is -1.41. The number of halogens is 1. The first-order valence-corrected chi connectivity index (χ1v) is 4.13. The first-order chi connectivity index (χ1) is 6.33. The second-order valence-electron chi connectivity index (χ2n) is 2.93. The average molecular weight is 174 g/mol. The van der Waals surface area contributed by atoms with Gasteiger partial charge in [-0.3, -0.25) is 5.73 Å². The van der Waals surface area contributed by atoms with Crippen LogP contribution in [0.5, 0.6) is 0 Å². The minimum Gasteiger partial charge on any atom is -0.253 e. The van der Waals surface area contributed by atoms with Crippen LogP contribution in [-0.2, 0) is 6.54 Å². The lowest BCUT2D eigenvalue weighted by Gasteiger charge is -2.03. The van der Waals surface area contributed by atoms with Crippen LogP contribution in [0.25, 0.3) is 10.8 Å². The number of hydrogen-bond acceptors (Lipinski definition) is 0. The van der Waals surface area contributed by atoms with E-state index >= 15 is 0 Å². The van der Waals surface area contributed by atoms with Crippen LogP contribution in [0, 0.1) is 5.82 Å². The molecule has 0 spiro atoms. The number of rotatable bonds is 1. The highest BCUT2D eigenvalue weighted by Crippen LogP contribution is 2.21. The lowest BCUT2D eigenvalue weighted by atomic mass is 10.0. The number of nitrogens with one attached hydrogen (secondary N) is 1. The summed E-state index contributed by atoms with van der Waals surface area (Å²) < 4.78 is 13.2. The van der Waals surface area contributed by atoms with E-state index in [4.69, 9.17) is 5.73 Å². The molecule has 13 heavy (non-hydrogen) atoms. The topological polar surface area (TPSA) is 23.8 Å². The maximum atomic E-state index is 13.2. The second kappa shape index (κ2) is 3.15. The summed E-state index contributed by atoms with van der Waals surface area (Å²) in [5, 5.41) is 1.45. The van der Waals surface area contributed by atoms with Gasteiger partial charge in [0.05, 0.1) is 0 Å². The molecule has 1 radical (unpaired) electrons.